The van der Waals surface area contributed by atoms with Crippen LogP contribution in [0.25, 0.3) is 10.7 Å². The minimum atomic E-state index is -0.0992. The third-order valence-corrected chi connectivity index (χ3v) is 6.26. The highest BCUT2D eigenvalue weighted by atomic mass is 32.1. The minimum Gasteiger partial charge on any atom is -0.493 e. The summed E-state index contributed by atoms with van der Waals surface area (Å²) in [6.45, 7) is 2.87. The Kier molecular flexibility index (Phi) is 6.70. The van der Waals surface area contributed by atoms with E-state index in [0.29, 0.717) is 17.3 Å². The first-order chi connectivity index (χ1) is 15.2. The van der Waals surface area contributed by atoms with Crippen LogP contribution in [0.4, 0.5) is 0 Å². The molecule has 1 saturated heterocycles. The van der Waals surface area contributed by atoms with Crippen LogP contribution in [0.15, 0.2) is 46.6 Å². The molecule has 0 amide bonds. The van der Waals surface area contributed by atoms with E-state index in [1.807, 2.05) is 35.7 Å². The maximum Gasteiger partial charge on any atom is 0.251 e. The summed E-state index contributed by atoms with van der Waals surface area (Å²) in [6, 6.07) is 11.5. The van der Waals surface area contributed by atoms with E-state index in [4.69, 9.17) is 20.9 Å². The van der Waals surface area contributed by atoms with Crippen molar-refractivity contribution in [1.29, 1.82) is 0 Å². The number of aromatic amines is 1. The zero-order chi connectivity index (χ0) is 21.6. The lowest BCUT2D eigenvalue weighted by atomic mass is 9.94. The Hall–Kier alpha value is -3.08. The smallest absolute Gasteiger partial charge is 0.251 e. The second-order valence-electron chi connectivity index (χ2n) is 7.55. The summed E-state index contributed by atoms with van der Waals surface area (Å²) >= 11 is 1.58. The first-order valence-electron chi connectivity index (χ1n) is 10.3. The number of nitrogens with zero attached hydrogens (tertiary/aromatic N) is 2. The standard InChI is InChI=1S/C24H25N3O3S/c1-3-11-30-20-9-8-17(13-21(20)29-2)15-27-10-4-6-18(16-27)19-14-23(28)26-24(25-19)22-7-5-12-31-22/h1,5,7-9,12-14,18H,4,6,10-11,15-16H2,2H3,(H,25,26,28). The van der Waals surface area contributed by atoms with Gasteiger partial charge in [0.25, 0.3) is 5.56 Å². The van der Waals surface area contributed by atoms with Gasteiger partial charge in [0.2, 0.25) is 0 Å². The van der Waals surface area contributed by atoms with Crippen LogP contribution in [0.2, 0.25) is 0 Å². The summed E-state index contributed by atoms with van der Waals surface area (Å²) < 4.78 is 11.0. The number of thiophene rings is 1. The fourth-order valence-corrected chi connectivity index (χ4v) is 4.63. The molecule has 1 aliphatic rings. The molecule has 0 radical (unpaired) electrons. The number of aromatic nitrogens is 2. The lowest BCUT2D eigenvalue weighted by Gasteiger charge is -2.32. The molecule has 1 fully saturated rings. The van der Waals surface area contributed by atoms with Gasteiger partial charge in [-0.15, -0.1) is 17.8 Å². The number of methoxy groups -OCH3 is 1. The Balaban J connectivity index is 1.48. The number of rotatable bonds is 7. The van der Waals surface area contributed by atoms with E-state index in [-0.39, 0.29) is 18.1 Å². The average molecular weight is 436 g/mol. The average Bonchev–Trinajstić information content (AvgIpc) is 3.33. The van der Waals surface area contributed by atoms with E-state index in [9.17, 15) is 4.79 Å². The normalized spacial score (nSPS) is 16.6. The zero-order valence-corrected chi connectivity index (χ0v) is 18.3. The molecule has 0 saturated carbocycles. The maximum atomic E-state index is 12.3. The van der Waals surface area contributed by atoms with Gasteiger partial charge in [0.1, 0.15) is 12.4 Å². The molecule has 0 bridgehead atoms. The van der Waals surface area contributed by atoms with Gasteiger partial charge < -0.3 is 14.5 Å². The van der Waals surface area contributed by atoms with Crippen molar-refractivity contribution in [2.24, 2.45) is 0 Å². The van der Waals surface area contributed by atoms with Crippen LogP contribution in [-0.2, 0) is 6.54 Å². The molecule has 31 heavy (non-hydrogen) atoms. The largest absolute Gasteiger partial charge is 0.493 e. The molecule has 6 nitrogen and oxygen atoms in total. The number of ether oxygens (including phenoxy) is 2. The van der Waals surface area contributed by atoms with Crippen LogP contribution in [0.5, 0.6) is 11.5 Å². The monoisotopic (exact) mass is 435 g/mol. The molecule has 1 atom stereocenters. The highest BCUT2D eigenvalue weighted by Crippen LogP contribution is 2.31. The van der Waals surface area contributed by atoms with Gasteiger partial charge in [0.15, 0.2) is 11.5 Å². The molecular weight excluding hydrogens is 410 g/mol. The lowest BCUT2D eigenvalue weighted by molar-refractivity contribution is 0.198. The van der Waals surface area contributed by atoms with Gasteiger partial charge in [0, 0.05) is 25.1 Å². The molecule has 7 heteroatoms. The van der Waals surface area contributed by atoms with Crippen molar-refractivity contribution in [2.45, 2.75) is 25.3 Å². The van der Waals surface area contributed by atoms with Crippen LogP contribution in [-0.4, -0.2) is 41.7 Å². The second-order valence-corrected chi connectivity index (χ2v) is 8.50. The van der Waals surface area contributed by atoms with Crippen molar-refractivity contribution in [2.75, 3.05) is 26.8 Å². The molecule has 0 spiro atoms. The summed E-state index contributed by atoms with van der Waals surface area (Å²) in [5.41, 5.74) is 1.91. The Labute approximate surface area is 185 Å². The molecule has 160 valence electrons. The molecule has 3 aromatic rings. The fraction of sp³-hybridized carbons (Fsp3) is 0.333. The van der Waals surface area contributed by atoms with Crippen LogP contribution in [0, 0.1) is 12.3 Å². The van der Waals surface area contributed by atoms with Crippen molar-refractivity contribution in [3.05, 3.63) is 63.4 Å². The van der Waals surface area contributed by atoms with E-state index in [1.165, 1.54) is 0 Å². The predicted octanol–water partition coefficient (Wildman–Crippen LogP) is 3.90. The minimum absolute atomic E-state index is 0.0992. The molecule has 4 rings (SSSR count). The van der Waals surface area contributed by atoms with Crippen molar-refractivity contribution in [3.63, 3.8) is 0 Å². The number of terminal acetylenes is 1. The Morgan fingerprint density at radius 1 is 1.32 bits per heavy atom. The van der Waals surface area contributed by atoms with Gasteiger partial charge in [-0.05, 0) is 48.5 Å². The predicted molar refractivity (Wildman–Crippen MR) is 123 cm³/mol. The van der Waals surface area contributed by atoms with Crippen LogP contribution in [0.1, 0.15) is 30.0 Å². The summed E-state index contributed by atoms with van der Waals surface area (Å²) in [5.74, 6) is 4.68. The molecule has 2 aromatic heterocycles. The third kappa shape index (κ3) is 5.16. The molecule has 1 aromatic carbocycles. The quantitative estimate of drug-likeness (QED) is 0.570. The van der Waals surface area contributed by atoms with Crippen LogP contribution in [0.3, 0.4) is 0 Å². The molecule has 1 N–H and O–H groups in total. The van der Waals surface area contributed by atoms with Crippen molar-refractivity contribution in [1.82, 2.24) is 14.9 Å². The fourth-order valence-electron chi connectivity index (χ4n) is 3.96. The van der Waals surface area contributed by atoms with Gasteiger partial charge in [-0.3, -0.25) is 9.69 Å². The number of benzene rings is 1. The Morgan fingerprint density at radius 2 is 2.23 bits per heavy atom. The number of likely N-dealkylation sites (tertiary alicyclic amines) is 1. The molecule has 1 aliphatic heterocycles. The number of H-pyrrole nitrogens is 1. The van der Waals surface area contributed by atoms with Gasteiger partial charge >= 0.3 is 0 Å². The second kappa shape index (κ2) is 9.82. The van der Waals surface area contributed by atoms with E-state index in [1.54, 1.807) is 24.5 Å². The van der Waals surface area contributed by atoms with Gasteiger partial charge in [-0.2, -0.15) is 0 Å². The molecular formula is C24H25N3O3S. The summed E-state index contributed by atoms with van der Waals surface area (Å²) in [5, 5.41) is 1.99. The van der Waals surface area contributed by atoms with Crippen LogP contribution >= 0.6 is 11.3 Å². The molecule has 0 aliphatic carbocycles. The molecule has 1 unspecified atom stereocenters. The molecule has 3 heterocycles. The summed E-state index contributed by atoms with van der Waals surface area (Å²) in [4.78, 5) is 23.3. The van der Waals surface area contributed by atoms with E-state index in [0.717, 1.165) is 48.6 Å². The first kappa shape index (κ1) is 21.2. The highest BCUT2D eigenvalue weighted by Gasteiger charge is 2.24. The number of piperidine rings is 1. The maximum absolute atomic E-state index is 12.3. The van der Waals surface area contributed by atoms with E-state index < -0.39 is 0 Å². The van der Waals surface area contributed by atoms with Gasteiger partial charge in [0.05, 0.1) is 17.7 Å². The lowest BCUT2D eigenvalue weighted by Crippen LogP contribution is -2.34. The van der Waals surface area contributed by atoms with Gasteiger partial charge in [-0.25, -0.2) is 4.98 Å². The Bertz CT molecular complexity index is 1120. The SMILES string of the molecule is C#CCOc1ccc(CN2CCCC(c3cc(=O)[nH]c(-c4cccs4)n3)C2)cc1OC. The third-order valence-electron chi connectivity index (χ3n) is 5.39. The van der Waals surface area contributed by atoms with Crippen molar-refractivity contribution >= 4 is 11.3 Å². The summed E-state index contributed by atoms with van der Waals surface area (Å²) in [7, 11) is 1.63. The summed E-state index contributed by atoms with van der Waals surface area (Å²) in [6.07, 6.45) is 7.37. The van der Waals surface area contributed by atoms with E-state index in [2.05, 4.69) is 15.8 Å². The zero-order valence-electron chi connectivity index (χ0n) is 17.5. The van der Waals surface area contributed by atoms with Gasteiger partial charge in [-0.1, -0.05) is 18.1 Å². The number of nitrogens with one attached hydrogen (secondary N) is 1. The number of hydrogen-bond acceptors (Lipinski definition) is 6. The highest BCUT2D eigenvalue weighted by molar-refractivity contribution is 7.13. The Morgan fingerprint density at radius 3 is 3.00 bits per heavy atom. The van der Waals surface area contributed by atoms with E-state index >= 15 is 0 Å². The first-order valence-corrected chi connectivity index (χ1v) is 11.1. The topological polar surface area (TPSA) is 67.5 Å². The number of hydrogen-bond donors (Lipinski definition) is 1. The van der Waals surface area contributed by atoms with Crippen molar-refractivity contribution in [3.8, 4) is 34.5 Å². The van der Waals surface area contributed by atoms with Crippen molar-refractivity contribution < 1.29 is 9.47 Å². The van der Waals surface area contributed by atoms with Crippen LogP contribution < -0.4 is 15.0 Å².